The number of benzene rings is 8. The molecule has 0 amide bonds. The van der Waals surface area contributed by atoms with E-state index in [-0.39, 0.29) is 0 Å². The third-order valence-electron chi connectivity index (χ3n) is 10.7. The zero-order valence-corrected chi connectivity index (χ0v) is 30.7. The van der Waals surface area contributed by atoms with Crippen LogP contribution < -0.4 is 4.90 Å². The highest BCUT2D eigenvalue weighted by atomic mass is 15.1. The first-order chi connectivity index (χ1) is 27.8. The van der Waals surface area contributed by atoms with Crippen molar-refractivity contribution < 1.29 is 0 Å². The van der Waals surface area contributed by atoms with E-state index in [1.165, 1.54) is 49.6 Å². The lowest BCUT2D eigenvalue weighted by Gasteiger charge is -2.26. The fourth-order valence-corrected chi connectivity index (χ4v) is 7.89. The molecule has 0 aliphatic rings. The van der Waals surface area contributed by atoms with Gasteiger partial charge in [-0.2, -0.15) is 0 Å². The number of hydrogen-bond acceptors (Lipinski definition) is 1. The molecule has 10 rings (SSSR count). The van der Waals surface area contributed by atoms with Gasteiger partial charge in [-0.3, -0.25) is 0 Å². The Morgan fingerprint density at radius 1 is 0.321 bits per heavy atom. The van der Waals surface area contributed by atoms with Crippen LogP contribution in [0.15, 0.2) is 218 Å². The number of para-hydroxylation sites is 2. The van der Waals surface area contributed by atoms with E-state index >= 15 is 0 Å². The standard InChI is InChI=1S/C54H36N2/c1-3-12-39(13-4-1)41-22-24-42(25-23-41)44-28-34-48(35-29-44)55(47-32-26-43(27-33-47)40-14-5-2-6-15-40)49-36-30-45(31-37-49)46-16-11-17-50(38-46)56-53-20-9-7-18-51(53)52-19-8-10-21-54(52)56/h1,3-5,7-38H. The second-order valence-electron chi connectivity index (χ2n) is 14.1. The fourth-order valence-electron chi connectivity index (χ4n) is 7.89. The number of nitrogens with zero attached hydrogens (tertiary/aromatic N) is 2. The lowest BCUT2D eigenvalue weighted by Crippen LogP contribution is -2.09. The SMILES string of the molecule is c1ccc(-c2ccc(N(c3ccc(-c4ccc(-c5ccccc5)cc4)cc3)c3ccc(-c4cccc(-n5c6ccccc6c6ccccc65)c4)cc3)cc2)cc#1. The average Bonchev–Trinajstić information content (AvgIpc) is 3.62. The molecule has 0 spiro atoms. The predicted molar refractivity (Wildman–Crippen MR) is 235 cm³/mol. The molecule has 1 heterocycles. The zero-order valence-electron chi connectivity index (χ0n) is 30.7. The van der Waals surface area contributed by atoms with Crippen LogP contribution >= 0.6 is 0 Å². The van der Waals surface area contributed by atoms with Crippen molar-refractivity contribution in [3.63, 3.8) is 0 Å². The highest BCUT2D eigenvalue weighted by Gasteiger charge is 2.15. The average molecular weight is 713 g/mol. The molecule has 0 radical (unpaired) electrons. The Morgan fingerprint density at radius 3 is 1.27 bits per heavy atom. The molecule has 9 aromatic carbocycles. The van der Waals surface area contributed by atoms with Gasteiger partial charge >= 0.3 is 0 Å². The summed E-state index contributed by atoms with van der Waals surface area (Å²) in [5, 5.41) is 2.53. The summed E-state index contributed by atoms with van der Waals surface area (Å²) < 4.78 is 2.38. The summed E-state index contributed by atoms with van der Waals surface area (Å²) in [6.07, 6.45) is 0. The quantitative estimate of drug-likeness (QED) is 0.152. The fraction of sp³-hybridized carbons (Fsp3) is 0. The van der Waals surface area contributed by atoms with E-state index in [0.717, 1.165) is 39.4 Å². The molecule has 0 saturated carbocycles. The molecule has 0 atom stereocenters. The van der Waals surface area contributed by atoms with Crippen molar-refractivity contribution in [3.8, 4) is 50.2 Å². The zero-order chi connectivity index (χ0) is 37.3. The van der Waals surface area contributed by atoms with Gasteiger partial charge in [0, 0.05) is 33.5 Å². The van der Waals surface area contributed by atoms with E-state index in [0.29, 0.717) is 0 Å². The Kier molecular flexibility index (Phi) is 8.44. The molecule has 0 unspecified atom stereocenters. The van der Waals surface area contributed by atoms with E-state index in [9.17, 15) is 0 Å². The minimum Gasteiger partial charge on any atom is -0.311 e. The summed E-state index contributed by atoms with van der Waals surface area (Å²) in [6, 6.07) is 84.2. The Labute approximate surface area is 327 Å². The lowest BCUT2D eigenvalue weighted by atomic mass is 10.00. The van der Waals surface area contributed by atoms with E-state index in [1.807, 2.05) is 12.1 Å². The molecule has 2 heteroatoms. The van der Waals surface area contributed by atoms with Crippen LogP contribution in [0.1, 0.15) is 0 Å². The van der Waals surface area contributed by atoms with Crippen molar-refractivity contribution in [3.05, 3.63) is 231 Å². The molecule has 10 aromatic rings. The number of fused-ring (bicyclic) bond motifs is 3. The first kappa shape index (κ1) is 33.0. The molecule has 262 valence electrons. The third-order valence-corrected chi connectivity index (χ3v) is 10.7. The van der Waals surface area contributed by atoms with Crippen molar-refractivity contribution >= 4 is 38.9 Å². The van der Waals surface area contributed by atoms with Crippen molar-refractivity contribution in [2.45, 2.75) is 0 Å². The van der Waals surface area contributed by atoms with E-state index in [1.54, 1.807) is 0 Å². The van der Waals surface area contributed by atoms with Gasteiger partial charge in [-0.1, -0.05) is 152 Å². The van der Waals surface area contributed by atoms with Crippen LogP contribution in [-0.4, -0.2) is 4.57 Å². The van der Waals surface area contributed by atoms with Gasteiger partial charge < -0.3 is 9.47 Å². The second-order valence-corrected chi connectivity index (χ2v) is 14.1. The molecule has 2 nitrogen and oxygen atoms in total. The molecule has 0 aliphatic carbocycles. The molecular formula is C54H36N2. The molecule has 1 aromatic heterocycles. The van der Waals surface area contributed by atoms with Gasteiger partial charge in [0.1, 0.15) is 0 Å². The van der Waals surface area contributed by atoms with Gasteiger partial charge in [-0.05, 0) is 123 Å². The van der Waals surface area contributed by atoms with Crippen molar-refractivity contribution in [1.29, 1.82) is 0 Å². The first-order valence-corrected chi connectivity index (χ1v) is 19.0. The molecule has 0 saturated heterocycles. The number of hydrogen-bond donors (Lipinski definition) is 0. The maximum Gasteiger partial charge on any atom is 0.0541 e. The molecule has 0 fully saturated rings. The monoisotopic (exact) mass is 712 g/mol. The van der Waals surface area contributed by atoms with E-state index < -0.39 is 0 Å². The highest BCUT2D eigenvalue weighted by molar-refractivity contribution is 6.09. The lowest BCUT2D eigenvalue weighted by molar-refractivity contribution is 1.18. The molecule has 0 bridgehead atoms. The van der Waals surface area contributed by atoms with Gasteiger partial charge in [-0.25, -0.2) is 0 Å². The maximum atomic E-state index is 3.09. The van der Waals surface area contributed by atoms with E-state index in [2.05, 4.69) is 228 Å². The van der Waals surface area contributed by atoms with Gasteiger partial charge in [0.25, 0.3) is 0 Å². The molecular weight excluding hydrogens is 677 g/mol. The highest BCUT2D eigenvalue weighted by Crippen LogP contribution is 2.39. The van der Waals surface area contributed by atoms with Crippen LogP contribution in [0.5, 0.6) is 0 Å². The van der Waals surface area contributed by atoms with Gasteiger partial charge in [-0.15, -0.1) is 0 Å². The van der Waals surface area contributed by atoms with Crippen molar-refractivity contribution in [2.75, 3.05) is 4.90 Å². The normalized spacial score (nSPS) is 11.1. The summed E-state index contributed by atoms with van der Waals surface area (Å²) in [7, 11) is 0. The van der Waals surface area contributed by atoms with Crippen LogP contribution in [0.25, 0.3) is 72.0 Å². The minimum atomic E-state index is 1.08. The summed E-state index contributed by atoms with van der Waals surface area (Å²) in [5.41, 5.74) is 16.2. The number of aromatic nitrogens is 1. The summed E-state index contributed by atoms with van der Waals surface area (Å²) in [5.74, 6) is 0. The van der Waals surface area contributed by atoms with Crippen molar-refractivity contribution in [2.24, 2.45) is 0 Å². The molecule has 0 N–H and O–H groups in total. The summed E-state index contributed by atoms with van der Waals surface area (Å²) >= 11 is 0. The first-order valence-electron chi connectivity index (χ1n) is 19.0. The number of anilines is 3. The Morgan fingerprint density at radius 2 is 0.750 bits per heavy atom. The minimum absolute atomic E-state index is 1.08. The van der Waals surface area contributed by atoms with Gasteiger partial charge in [0.2, 0.25) is 0 Å². The molecule has 0 aliphatic heterocycles. The smallest absolute Gasteiger partial charge is 0.0541 e. The summed E-state index contributed by atoms with van der Waals surface area (Å²) in [4.78, 5) is 2.33. The Balaban J connectivity index is 0.995. The Bertz CT molecular complexity index is 2850. The van der Waals surface area contributed by atoms with Gasteiger partial charge in [0.05, 0.1) is 11.0 Å². The van der Waals surface area contributed by atoms with Crippen molar-refractivity contribution in [1.82, 2.24) is 4.57 Å². The summed E-state index contributed by atoms with van der Waals surface area (Å²) in [6.45, 7) is 0. The second kappa shape index (κ2) is 14.3. The van der Waals surface area contributed by atoms with E-state index in [4.69, 9.17) is 0 Å². The third kappa shape index (κ3) is 6.18. The topological polar surface area (TPSA) is 8.17 Å². The Hall–Kier alpha value is -7.60. The van der Waals surface area contributed by atoms with Gasteiger partial charge in [0.15, 0.2) is 0 Å². The maximum absolute atomic E-state index is 3.09. The predicted octanol–water partition coefficient (Wildman–Crippen LogP) is 14.5. The van der Waals surface area contributed by atoms with Crippen LogP contribution in [0.3, 0.4) is 0 Å². The number of rotatable bonds is 8. The van der Waals surface area contributed by atoms with Crippen LogP contribution in [-0.2, 0) is 0 Å². The molecule has 56 heavy (non-hydrogen) atoms. The van der Waals surface area contributed by atoms with Crippen LogP contribution in [0.2, 0.25) is 0 Å². The van der Waals surface area contributed by atoms with Crippen LogP contribution in [0.4, 0.5) is 17.1 Å². The van der Waals surface area contributed by atoms with Crippen LogP contribution in [0, 0.1) is 12.1 Å². The largest absolute Gasteiger partial charge is 0.311 e.